The van der Waals surface area contributed by atoms with Gasteiger partial charge in [0.2, 0.25) is 0 Å². The van der Waals surface area contributed by atoms with Gasteiger partial charge in [-0.05, 0) is 92.7 Å². The highest BCUT2D eigenvalue weighted by Gasteiger charge is 2.23. The number of nitrogens with zero attached hydrogens (tertiary/aromatic N) is 1. The largest absolute Gasteiger partial charge is 0.206 e. The van der Waals surface area contributed by atoms with E-state index in [0.29, 0.717) is 11.8 Å². The average molecular weight is 438 g/mol. The first kappa shape index (κ1) is 25.0. The summed E-state index contributed by atoms with van der Waals surface area (Å²) in [5.74, 6) is 2.56. The van der Waals surface area contributed by atoms with Crippen LogP contribution >= 0.6 is 0 Å². The molecule has 2 saturated carbocycles. The Balaban J connectivity index is 1.29. The van der Waals surface area contributed by atoms with Crippen molar-refractivity contribution in [1.29, 1.82) is 5.26 Å². The number of halogens is 1. The number of rotatable bonds is 11. The molecule has 3 rings (SSSR count). The Morgan fingerprint density at radius 1 is 0.844 bits per heavy atom. The van der Waals surface area contributed by atoms with E-state index in [9.17, 15) is 4.39 Å². The Bertz CT molecular complexity index is 730. The quantitative estimate of drug-likeness (QED) is 0.250. The third kappa shape index (κ3) is 8.06. The molecule has 0 radical (unpaired) electrons. The second kappa shape index (κ2) is 13.8. The molecule has 2 aliphatic carbocycles. The summed E-state index contributed by atoms with van der Waals surface area (Å²) in [5, 5.41) is 8.92. The van der Waals surface area contributed by atoms with E-state index in [1.165, 1.54) is 89.9 Å². The highest BCUT2D eigenvalue weighted by atomic mass is 19.1. The van der Waals surface area contributed by atoms with Crippen LogP contribution in [-0.2, 0) is 0 Å². The Morgan fingerprint density at radius 2 is 1.44 bits per heavy atom. The van der Waals surface area contributed by atoms with Crippen LogP contribution in [0.3, 0.4) is 0 Å². The second-order valence-corrected chi connectivity index (χ2v) is 10.5. The number of allylic oxidation sites excluding steroid dienone is 2. The maximum Gasteiger partial charge on any atom is 0.141 e. The lowest BCUT2D eigenvalue weighted by molar-refractivity contribution is 0.287. The van der Waals surface area contributed by atoms with Crippen LogP contribution in [0.5, 0.6) is 0 Å². The molecule has 0 N–H and O–H groups in total. The molecule has 176 valence electrons. The molecule has 1 nitrogen and oxygen atoms in total. The molecule has 0 bridgehead atoms. The van der Waals surface area contributed by atoms with Gasteiger partial charge in [0, 0.05) is 0 Å². The van der Waals surface area contributed by atoms with Crippen molar-refractivity contribution < 1.29 is 4.39 Å². The zero-order chi connectivity index (χ0) is 22.6. The van der Waals surface area contributed by atoms with Crippen molar-refractivity contribution in [3.05, 3.63) is 47.3 Å². The average Bonchev–Trinajstić information content (AvgIpc) is 2.83. The fourth-order valence-electron chi connectivity index (χ4n) is 5.89. The zero-order valence-electron chi connectivity index (χ0n) is 20.3. The van der Waals surface area contributed by atoms with E-state index in [1.54, 1.807) is 12.1 Å². The predicted molar refractivity (Wildman–Crippen MR) is 133 cm³/mol. The Kier molecular flexibility index (Phi) is 10.8. The maximum atomic E-state index is 13.9. The zero-order valence-corrected chi connectivity index (χ0v) is 20.3. The standard InChI is InChI=1S/C30H44FN/c1-2-3-4-5-6-7-8-9-24-10-12-25(13-11-24)14-15-26-16-18-27(19-17-26)28-20-21-29(23-32)30(31)22-28/h14-15,20-22,24-27H,2-13,16-19H2,1H3/b15-14+. The van der Waals surface area contributed by atoms with Crippen LogP contribution in [0.25, 0.3) is 0 Å². The summed E-state index contributed by atoms with van der Waals surface area (Å²) in [5.41, 5.74) is 1.23. The molecule has 0 atom stereocenters. The monoisotopic (exact) mass is 437 g/mol. The summed E-state index contributed by atoms with van der Waals surface area (Å²) in [4.78, 5) is 0. The molecule has 0 unspecified atom stereocenters. The van der Waals surface area contributed by atoms with Crippen molar-refractivity contribution in [1.82, 2.24) is 0 Å². The van der Waals surface area contributed by atoms with Crippen molar-refractivity contribution in [3.8, 4) is 6.07 Å². The highest BCUT2D eigenvalue weighted by molar-refractivity contribution is 5.35. The molecule has 0 aliphatic heterocycles. The molecule has 0 heterocycles. The third-order valence-corrected chi connectivity index (χ3v) is 8.12. The van der Waals surface area contributed by atoms with Gasteiger partial charge in [0.25, 0.3) is 0 Å². The van der Waals surface area contributed by atoms with E-state index in [2.05, 4.69) is 19.1 Å². The van der Waals surface area contributed by atoms with Crippen molar-refractivity contribution >= 4 is 0 Å². The van der Waals surface area contributed by atoms with Gasteiger partial charge in [-0.25, -0.2) is 4.39 Å². The van der Waals surface area contributed by atoms with E-state index in [4.69, 9.17) is 5.26 Å². The molecule has 0 amide bonds. The Morgan fingerprint density at radius 3 is 2.03 bits per heavy atom. The maximum absolute atomic E-state index is 13.9. The molecule has 1 aromatic carbocycles. The summed E-state index contributed by atoms with van der Waals surface area (Å²) in [6.45, 7) is 2.29. The molecule has 32 heavy (non-hydrogen) atoms. The fourth-order valence-corrected chi connectivity index (χ4v) is 5.89. The van der Waals surface area contributed by atoms with Gasteiger partial charge in [0.05, 0.1) is 5.56 Å². The van der Waals surface area contributed by atoms with E-state index >= 15 is 0 Å². The lowest BCUT2D eigenvalue weighted by Crippen LogP contribution is -2.15. The van der Waals surface area contributed by atoms with Gasteiger partial charge in [-0.15, -0.1) is 0 Å². The van der Waals surface area contributed by atoms with Crippen molar-refractivity contribution in [3.63, 3.8) is 0 Å². The molecule has 0 aromatic heterocycles. The minimum Gasteiger partial charge on any atom is -0.206 e. The minimum absolute atomic E-state index is 0.155. The van der Waals surface area contributed by atoms with Crippen LogP contribution in [0, 0.1) is 34.9 Å². The number of nitriles is 1. The number of benzene rings is 1. The van der Waals surface area contributed by atoms with E-state index in [-0.39, 0.29) is 11.4 Å². The number of hydrogen-bond donors (Lipinski definition) is 0. The van der Waals surface area contributed by atoms with E-state index in [0.717, 1.165) is 30.2 Å². The number of unbranched alkanes of at least 4 members (excludes halogenated alkanes) is 6. The molecule has 1 aromatic rings. The van der Waals surface area contributed by atoms with Gasteiger partial charge in [0.15, 0.2) is 0 Å². The second-order valence-electron chi connectivity index (χ2n) is 10.5. The first-order chi connectivity index (χ1) is 15.7. The highest BCUT2D eigenvalue weighted by Crippen LogP contribution is 2.38. The SMILES string of the molecule is CCCCCCCCCC1CCC(/C=C/C2CCC(c3ccc(C#N)c(F)c3)CC2)CC1. The first-order valence-corrected chi connectivity index (χ1v) is 13.6. The van der Waals surface area contributed by atoms with Crippen molar-refractivity contribution in [2.24, 2.45) is 17.8 Å². The summed E-state index contributed by atoms with van der Waals surface area (Å²) in [6, 6.07) is 7.10. The summed E-state index contributed by atoms with van der Waals surface area (Å²) >= 11 is 0. The van der Waals surface area contributed by atoms with E-state index in [1.807, 2.05) is 12.1 Å². The summed E-state index contributed by atoms with van der Waals surface area (Å²) in [7, 11) is 0. The first-order valence-electron chi connectivity index (χ1n) is 13.6. The summed E-state index contributed by atoms with van der Waals surface area (Å²) in [6.07, 6.45) is 26.8. The van der Waals surface area contributed by atoms with Crippen LogP contribution in [0.15, 0.2) is 30.4 Å². The summed E-state index contributed by atoms with van der Waals surface area (Å²) < 4.78 is 13.9. The third-order valence-electron chi connectivity index (χ3n) is 8.12. The topological polar surface area (TPSA) is 23.8 Å². The smallest absolute Gasteiger partial charge is 0.141 e. The van der Waals surface area contributed by atoms with Gasteiger partial charge in [-0.1, -0.05) is 76.5 Å². The van der Waals surface area contributed by atoms with Crippen LogP contribution in [0.4, 0.5) is 4.39 Å². The van der Waals surface area contributed by atoms with Gasteiger partial charge in [0.1, 0.15) is 11.9 Å². The lowest BCUT2D eigenvalue weighted by atomic mass is 9.76. The van der Waals surface area contributed by atoms with Gasteiger partial charge >= 0.3 is 0 Å². The lowest BCUT2D eigenvalue weighted by Gasteiger charge is -2.29. The van der Waals surface area contributed by atoms with Crippen LogP contribution in [-0.4, -0.2) is 0 Å². The van der Waals surface area contributed by atoms with Crippen LogP contribution < -0.4 is 0 Å². The number of hydrogen-bond acceptors (Lipinski definition) is 1. The minimum atomic E-state index is -0.366. The Labute approximate surface area is 196 Å². The van der Waals surface area contributed by atoms with Crippen LogP contribution in [0.1, 0.15) is 127 Å². The Hall–Kier alpha value is -1.62. The molecule has 0 spiro atoms. The van der Waals surface area contributed by atoms with Gasteiger partial charge in [-0.3, -0.25) is 0 Å². The fraction of sp³-hybridized carbons (Fsp3) is 0.700. The van der Waals surface area contributed by atoms with Crippen LogP contribution in [0.2, 0.25) is 0 Å². The van der Waals surface area contributed by atoms with Gasteiger partial charge < -0.3 is 0 Å². The molecular weight excluding hydrogens is 393 g/mol. The van der Waals surface area contributed by atoms with Gasteiger partial charge in [-0.2, -0.15) is 5.26 Å². The van der Waals surface area contributed by atoms with Crippen molar-refractivity contribution in [2.75, 3.05) is 0 Å². The molecule has 2 fully saturated rings. The molecular formula is C30H44FN. The molecule has 2 heteroatoms. The normalized spacial score (nSPS) is 26.3. The van der Waals surface area contributed by atoms with E-state index < -0.39 is 0 Å². The predicted octanol–water partition coefficient (Wildman–Crippen LogP) is 9.47. The molecule has 2 aliphatic rings. The van der Waals surface area contributed by atoms with Crippen molar-refractivity contribution in [2.45, 2.75) is 116 Å². The molecule has 0 saturated heterocycles.